The van der Waals surface area contributed by atoms with Crippen molar-refractivity contribution in [2.45, 2.75) is 81.7 Å². The maximum Gasteiger partial charge on any atom is 0.237 e. The van der Waals surface area contributed by atoms with Crippen molar-refractivity contribution in [2.75, 3.05) is 23.3 Å². The van der Waals surface area contributed by atoms with E-state index < -0.39 is 0 Å². The van der Waals surface area contributed by atoms with Crippen LogP contribution in [0.2, 0.25) is 0 Å². The fourth-order valence-corrected chi connectivity index (χ4v) is 5.52. The molecule has 1 N–H and O–H groups in total. The van der Waals surface area contributed by atoms with Gasteiger partial charge < -0.3 is 14.8 Å². The first-order valence-corrected chi connectivity index (χ1v) is 12.2. The number of aromatic nitrogens is 3. The Labute approximate surface area is 183 Å². The van der Waals surface area contributed by atoms with E-state index in [9.17, 15) is 4.79 Å². The Kier molecular flexibility index (Phi) is 6.97. The lowest BCUT2D eigenvalue weighted by molar-refractivity contribution is -0.115. The minimum Gasteiger partial charge on any atom is -0.372 e. The van der Waals surface area contributed by atoms with Crippen molar-refractivity contribution < 1.29 is 4.79 Å². The second-order valence-electron chi connectivity index (χ2n) is 8.54. The SMILES string of the molecule is Cc1nnc(SC(C)C(=O)Nc2ccc(N3CCCCC3)cc2)n1C1CCCCC1. The number of carbonyl (C=O) groups excluding carboxylic acids is 1. The summed E-state index contributed by atoms with van der Waals surface area (Å²) in [6.07, 6.45) is 10.0. The van der Waals surface area contributed by atoms with E-state index in [2.05, 4.69) is 37.1 Å². The fraction of sp³-hybridized carbons (Fsp3) is 0.609. The van der Waals surface area contributed by atoms with E-state index in [1.165, 1.54) is 68.8 Å². The third-order valence-corrected chi connectivity index (χ3v) is 7.34. The first-order valence-electron chi connectivity index (χ1n) is 11.4. The third kappa shape index (κ3) is 4.99. The number of amides is 1. The summed E-state index contributed by atoms with van der Waals surface area (Å²) >= 11 is 1.51. The summed E-state index contributed by atoms with van der Waals surface area (Å²) in [7, 11) is 0. The summed E-state index contributed by atoms with van der Waals surface area (Å²) in [6, 6.07) is 8.71. The molecule has 30 heavy (non-hydrogen) atoms. The van der Waals surface area contributed by atoms with Crippen LogP contribution < -0.4 is 10.2 Å². The largest absolute Gasteiger partial charge is 0.372 e. The van der Waals surface area contributed by atoms with E-state index in [-0.39, 0.29) is 11.2 Å². The van der Waals surface area contributed by atoms with Gasteiger partial charge in [0, 0.05) is 30.5 Å². The van der Waals surface area contributed by atoms with Crippen LogP contribution in [-0.2, 0) is 4.79 Å². The Morgan fingerprint density at radius 2 is 1.70 bits per heavy atom. The van der Waals surface area contributed by atoms with Gasteiger partial charge in [-0.05, 0) is 70.2 Å². The van der Waals surface area contributed by atoms with E-state index in [0.29, 0.717) is 6.04 Å². The quantitative estimate of drug-likeness (QED) is 0.642. The lowest BCUT2D eigenvalue weighted by Gasteiger charge is -2.28. The van der Waals surface area contributed by atoms with Crippen LogP contribution in [0.5, 0.6) is 0 Å². The molecule has 1 atom stereocenters. The number of piperidine rings is 1. The predicted molar refractivity (Wildman–Crippen MR) is 123 cm³/mol. The van der Waals surface area contributed by atoms with Gasteiger partial charge in [0.2, 0.25) is 5.91 Å². The summed E-state index contributed by atoms with van der Waals surface area (Å²) in [4.78, 5) is 15.2. The highest BCUT2D eigenvalue weighted by Crippen LogP contribution is 2.34. The molecule has 2 heterocycles. The summed E-state index contributed by atoms with van der Waals surface area (Å²) in [5, 5.41) is 12.4. The highest BCUT2D eigenvalue weighted by molar-refractivity contribution is 8.00. The molecule has 1 saturated heterocycles. The first-order chi connectivity index (χ1) is 14.6. The zero-order chi connectivity index (χ0) is 20.9. The lowest BCUT2D eigenvalue weighted by Crippen LogP contribution is -2.29. The summed E-state index contributed by atoms with van der Waals surface area (Å²) in [5.74, 6) is 0.951. The molecule has 0 spiro atoms. The van der Waals surface area contributed by atoms with Crippen LogP contribution in [0.15, 0.2) is 29.4 Å². The van der Waals surface area contributed by atoms with Crippen molar-refractivity contribution in [3.63, 3.8) is 0 Å². The van der Waals surface area contributed by atoms with E-state index in [4.69, 9.17) is 0 Å². The minimum absolute atomic E-state index is 0.00145. The van der Waals surface area contributed by atoms with Crippen LogP contribution in [0.3, 0.4) is 0 Å². The van der Waals surface area contributed by atoms with Crippen molar-refractivity contribution in [2.24, 2.45) is 0 Å². The molecule has 1 saturated carbocycles. The first kappa shape index (κ1) is 21.2. The standard InChI is InChI=1S/C23H33N5OS/c1-17(30-23-26-25-18(2)28(23)21-9-5-3-6-10-21)22(29)24-19-11-13-20(14-12-19)27-15-7-4-8-16-27/h11-14,17,21H,3-10,15-16H2,1-2H3,(H,24,29). The molecule has 1 aliphatic carbocycles. The van der Waals surface area contributed by atoms with Crippen LogP contribution in [0, 0.1) is 6.92 Å². The van der Waals surface area contributed by atoms with Crippen molar-refractivity contribution in [3.8, 4) is 0 Å². The number of rotatable bonds is 6. The molecule has 1 aliphatic heterocycles. The third-order valence-electron chi connectivity index (χ3n) is 6.28. The fourth-order valence-electron chi connectivity index (χ4n) is 4.55. The summed E-state index contributed by atoms with van der Waals surface area (Å²) in [5.41, 5.74) is 2.09. The molecule has 162 valence electrons. The number of hydrogen-bond donors (Lipinski definition) is 1. The van der Waals surface area contributed by atoms with Crippen molar-refractivity contribution in [3.05, 3.63) is 30.1 Å². The van der Waals surface area contributed by atoms with Gasteiger partial charge >= 0.3 is 0 Å². The highest BCUT2D eigenvalue weighted by Gasteiger charge is 2.24. The number of nitrogens with one attached hydrogen (secondary N) is 1. The molecule has 1 amide bonds. The molecule has 0 bridgehead atoms. The number of benzene rings is 1. The normalized spacial score (nSPS) is 18.9. The second kappa shape index (κ2) is 9.86. The van der Waals surface area contributed by atoms with Crippen LogP contribution >= 0.6 is 11.8 Å². The molecule has 1 aromatic carbocycles. The second-order valence-corrected chi connectivity index (χ2v) is 9.84. The van der Waals surface area contributed by atoms with Crippen molar-refractivity contribution in [1.29, 1.82) is 0 Å². The molecular formula is C23H33N5OS. The molecule has 2 aliphatic rings. The number of thioether (sulfide) groups is 1. The van der Waals surface area contributed by atoms with Gasteiger partial charge in [-0.2, -0.15) is 0 Å². The smallest absolute Gasteiger partial charge is 0.237 e. The molecular weight excluding hydrogens is 394 g/mol. The number of anilines is 2. The van der Waals surface area contributed by atoms with Gasteiger partial charge in [0.1, 0.15) is 5.82 Å². The monoisotopic (exact) mass is 427 g/mol. The van der Waals surface area contributed by atoms with Gasteiger partial charge in [0.05, 0.1) is 5.25 Å². The van der Waals surface area contributed by atoms with Gasteiger partial charge in [-0.25, -0.2) is 0 Å². The summed E-state index contributed by atoms with van der Waals surface area (Å²) in [6.45, 7) is 6.21. The van der Waals surface area contributed by atoms with Gasteiger partial charge in [0.25, 0.3) is 0 Å². The molecule has 2 aromatic rings. The van der Waals surface area contributed by atoms with Gasteiger partial charge in [-0.15, -0.1) is 10.2 Å². The topological polar surface area (TPSA) is 63.1 Å². The lowest BCUT2D eigenvalue weighted by atomic mass is 9.95. The molecule has 1 unspecified atom stereocenters. The molecule has 6 nitrogen and oxygen atoms in total. The zero-order valence-corrected chi connectivity index (χ0v) is 19.0. The Morgan fingerprint density at radius 3 is 2.40 bits per heavy atom. The van der Waals surface area contributed by atoms with Gasteiger partial charge in [0.15, 0.2) is 5.16 Å². The van der Waals surface area contributed by atoms with E-state index in [1.54, 1.807) is 0 Å². The van der Waals surface area contributed by atoms with Gasteiger partial charge in [-0.1, -0.05) is 31.0 Å². The van der Waals surface area contributed by atoms with E-state index in [0.717, 1.165) is 29.8 Å². The Balaban J connectivity index is 1.36. The number of hydrogen-bond acceptors (Lipinski definition) is 5. The maximum atomic E-state index is 12.8. The van der Waals surface area contributed by atoms with Crippen LogP contribution in [0.4, 0.5) is 11.4 Å². The Hall–Kier alpha value is -2.02. The zero-order valence-electron chi connectivity index (χ0n) is 18.1. The van der Waals surface area contributed by atoms with E-state index >= 15 is 0 Å². The van der Waals surface area contributed by atoms with Crippen LogP contribution in [-0.4, -0.2) is 39.0 Å². The average molecular weight is 428 g/mol. The Morgan fingerprint density at radius 1 is 1.03 bits per heavy atom. The molecule has 1 aromatic heterocycles. The highest BCUT2D eigenvalue weighted by atomic mass is 32.2. The number of nitrogens with zero attached hydrogens (tertiary/aromatic N) is 4. The maximum absolute atomic E-state index is 12.8. The Bertz CT molecular complexity index is 838. The predicted octanol–water partition coefficient (Wildman–Crippen LogP) is 5.20. The number of aryl methyl sites for hydroxylation is 1. The van der Waals surface area contributed by atoms with Crippen molar-refractivity contribution in [1.82, 2.24) is 14.8 Å². The molecule has 7 heteroatoms. The molecule has 0 radical (unpaired) electrons. The minimum atomic E-state index is -0.238. The average Bonchev–Trinajstić information content (AvgIpc) is 3.15. The number of carbonyl (C=O) groups is 1. The summed E-state index contributed by atoms with van der Waals surface area (Å²) < 4.78 is 2.25. The van der Waals surface area contributed by atoms with Crippen molar-refractivity contribution >= 4 is 29.0 Å². The van der Waals surface area contributed by atoms with E-state index in [1.807, 2.05) is 26.0 Å². The van der Waals surface area contributed by atoms with Crippen LogP contribution in [0.25, 0.3) is 0 Å². The van der Waals surface area contributed by atoms with Crippen LogP contribution in [0.1, 0.15) is 70.2 Å². The molecule has 4 rings (SSSR count). The molecule has 2 fully saturated rings. The van der Waals surface area contributed by atoms with Gasteiger partial charge in [-0.3, -0.25) is 4.79 Å².